The second-order valence-electron chi connectivity index (χ2n) is 5.52. The third-order valence-electron chi connectivity index (χ3n) is 4.03. The number of amides is 1. The molecule has 1 saturated heterocycles. The van der Waals surface area contributed by atoms with Gasteiger partial charge in [-0.15, -0.1) is 0 Å². The predicted octanol–water partition coefficient (Wildman–Crippen LogP) is 3.43. The molecule has 1 aromatic rings. The third kappa shape index (κ3) is 4.24. The normalized spacial score (nSPS) is 22.0. The van der Waals surface area contributed by atoms with E-state index in [0.717, 1.165) is 24.9 Å². The van der Waals surface area contributed by atoms with Crippen LogP contribution in [0.15, 0.2) is 30.3 Å². The largest absolute Gasteiger partial charge is 0.325 e. The van der Waals surface area contributed by atoms with Gasteiger partial charge >= 0.3 is 0 Å². The molecule has 1 heterocycles. The summed E-state index contributed by atoms with van der Waals surface area (Å²) in [5.41, 5.74) is 1.07. The van der Waals surface area contributed by atoms with Crippen LogP contribution in [0.3, 0.4) is 0 Å². The van der Waals surface area contributed by atoms with Gasteiger partial charge in [0.25, 0.3) is 0 Å². The molecule has 1 aliphatic heterocycles. The van der Waals surface area contributed by atoms with Crippen LogP contribution in [0.4, 0.5) is 0 Å². The maximum absolute atomic E-state index is 12.7. The van der Waals surface area contributed by atoms with E-state index in [2.05, 4.69) is 18.5 Å². The molecule has 1 amide bonds. The van der Waals surface area contributed by atoms with Crippen molar-refractivity contribution in [2.45, 2.75) is 44.8 Å². The summed E-state index contributed by atoms with van der Waals surface area (Å²) in [7, 11) is 0. The van der Waals surface area contributed by atoms with Crippen molar-refractivity contribution >= 4 is 17.7 Å². The summed E-state index contributed by atoms with van der Waals surface area (Å²) in [6.45, 7) is 3.01. The second-order valence-corrected chi connectivity index (χ2v) is 6.51. The van der Waals surface area contributed by atoms with Crippen LogP contribution in [0.5, 0.6) is 0 Å². The van der Waals surface area contributed by atoms with E-state index in [1.807, 2.05) is 47.0 Å². The second kappa shape index (κ2) is 8.44. The van der Waals surface area contributed by atoms with E-state index in [1.54, 1.807) is 0 Å². The highest BCUT2D eigenvalue weighted by Crippen LogP contribution is 2.25. The average molecular weight is 306 g/mol. The fourth-order valence-electron chi connectivity index (χ4n) is 2.87. The van der Waals surface area contributed by atoms with Crippen LogP contribution >= 0.6 is 11.8 Å². The van der Waals surface area contributed by atoms with Crippen molar-refractivity contribution in [2.75, 3.05) is 18.6 Å². The van der Waals surface area contributed by atoms with Gasteiger partial charge in [-0.3, -0.25) is 10.1 Å². The molecular weight excluding hydrogens is 280 g/mol. The minimum absolute atomic E-state index is 0.164. The Bertz CT molecular complexity index is 438. The SMILES string of the molecule is CCC1NC(c2ccccc2)C(=O)N1CCCCCSC. The van der Waals surface area contributed by atoms with Gasteiger partial charge in [0.2, 0.25) is 5.91 Å². The Hall–Kier alpha value is -1.00. The molecular formula is C17H26N2OS. The highest BCUT2D eigenvalue weighted by Gasteiger charge is 2.37. The Labute approximate surface area is 132 Å². The topological polar surface area (TPSA) is 32.3 Å². The summed E-state index contributed by atoms with van der Waals surface area (Å²) in [5.74, 6) is 1.45. The van der Waals surface area contributed by atoms with Crippen molar-refractivity contribution in [2.24, 2.45) is 0 Å². The van der Waals surface area contributed by atoms with Gasteiger partial charge in [-0.1, -0.05) is 43.7 Å². The summed E-state index contributed by atoms with van der Waals surface area (Å²) in [6, 6.07) is 9.88. The number of carbonyl (C=O) groups excluding carboxylic acids is 1. The first kappa shape index (κ1) is 16.4. The third-order valence-corrected chi connectivity index (χ3v) is 4.73. The molecule has 21 heavy (non-hydrogen) atoms. The van der Waals surface area contributed by atoms with E-state index in [4.69, 9.17) is 0 Å². The maximum Gasteiger partial charge on any atom is 0.245 e. The number of benzene rings is 1. The highest BCUT2D eigenvalue weighted by atomic mass is 32.2. The van der Waals surface area contributed by atoms with Crippen molar-refractivity contribution in [1.82, 2.24) is 10.2 Å². The van der Waals surface area contributed by atoms with Gasteiger partial charge in [0.15, 0.2) is 0 Å². The van der Waals surface area contributed by atoms with Gasteiger partial charge in [0.1, 0.15) is 6.04 Å². The molecule has 1 fully saturated rings. The molecule has 0 spiro atoms. The molecule has 0 radical (unpaired) electrons. The number of nitrogens with one attached hydrogen (secondary N) is 1. The Balaban J connectivity index is 1.93. The van der Waals surface area contributed by atoms with Crippen LogP contribution < -0.4 is 5.32 Å². The van der Waals surface area contributed by atoms with Crippen molar-refractivity contribution in [3.63, 3.8) is 0 Å². The molecule has 1 N–H and O–H groups in total. The van der Waals surface area contributed by atoms with Crippen LogP contribution in [0, 0.1) is 0 Å². The van der Waals surface area contributed by atoms with Crippen LogP contribution in [0.2, 0.25) is 0 Å². The van der Waals surface area contributed by atoms with Crippen LogP contribution in [0.25, 0.3) is 0 Å². The van der Waals surface area contributed by atoms with Crippen LogP contribution in [-0.2, 0) is 4.79 Å². The van der Waals surface area contributed by atoms with Gasteiger partial charge in [-0.2, -0.15) is 11.8 Å². The molecule has 0 aromatic heterocycles. The zero-order valence-electron chi connectivity index (χ0n) is 13.0. The fourth-order valence-corrected chi connectivity index (χ4v) is 3.36. The molecule has 2 atom stereocenters. The van der Waals surface area contributed by atoms with E-state index in [-0.39, 0.29) is 18.1 Å². The Morgan fingerprint density at radius 3 is 2.62 bits per heavy atom. The average Bonchev–Trinajstić information content (AvgIpc) is 2.84. The number of rotatable bonds is 8. The predicted molar refractivity (Wildman–Crippen MR) is 90.3 cm³/mol. The zero-order valence-corrected chi connectivity index (χ0v) is 13.9. The molecule has 0 saturated carbocycles. The van der Waals surface area contributed by atoms with E-state index < -0.39 is 0 Å². The summed E-state index contributed by atoms with van der Waals surface area (Å²) in [4.78, 5) is 14.7. The van der Waals surface area contributed by atoms with Gasteiger partial charge in [-0.25, -0.2) is 0 Å². The lowest BCUT2D eigenvalue weighted by Gasteiger charge is -2.22. The van der Waals surface area contributed by atoms with Crippen LogP contribution in [0.1, 0.15) is 44.2 Å². The standard InChI is InChI=1S/C17H26N2OS/c1-3-15-18-16(14-10-6-4-7-11-14)17(20)19(15)12-8-5-9-13-21-2/h4,6-7,10-11,15-16,18H,3,5,8-9,12-13H2,1-2H3. The molecule has 2 rings (SSSR count). The van der Waals surface area contributed by atoms with Crippen LogP contribution in [-0.4, -0.2) is 35.5 Å². The molecule has 1 aromatic carbocycles. The smallest absolute Gasteiger partial charge is 0.245 e. The number of hydrogen-bond acceptors (Lipinski definition) is 3. The Morgan fingerprint density at radius 2 is 1.95 bits per heavy atom. The zero-order chi connectivity index (χ0) is 15.1. The molecule has 2 unspecified atom stereocenters. The fraction of sp³-hybridized carbons (Fsp3) is 0.588. The number of unbranched alkanes of at least 4 members (excludes halogenated alkanes) is 2. The van der Waals surface area contributed by atoms with Crippen molar-refractivity contribution in [3.8, 4) is 0 Å². The lowest BCUT2D eigenvalue weighted by molar-refractivity contribution is -0.130. The first-order valence-corrected chi connectivity index (χ1v) is 9.27. The molecule has 0 bridgehead atoms. The van der Waals surface area contributed by atoms with Crippen molar-refractivity contribution in [3.05, 3.63) is 35.9 Å². The van der Waals surface area contributed by atoms with Crippen molar-refractivity contribution < 1.29 is 4.79 Å². The molecule has 116 valence electrons. The Kier molecular flexibility index (Phi) is 6.58. The summed E-state index contributed by atoms with van der Waals surface area (Å²) < 4.78 is 0. The molecule has 1 aliphatic rings. The maximum atomic E-state index is 12.7. The lowest BCUT2D eigenvalue weighted by atomic mass is 10.1. The Morgan fingerprint density at radius 1 is 1.19 bits per heavy atom. The monoisotopic (exact) mass is 306 g/mol. The first-order valence-electron chi connectivity index (χ1n) is 7.88. The lowest BCUT2D eigenvalue weighted by Crippen LogP contribution is -2.37. The van der Waals surface area contributed by atoms with E-state index >= 15 is 0 Å². The van der Waals surface area contributed by atoms with E-state index in [0.29, 0.717) is 0 Å². The molecule has 0 aliphatic carbocycles. The van der Waals surface area contributed by atoms with Gasteiger partial charge < -0.3 is 4.90 Å². The van der Waals surface area contributed by atoms with Crippen molar-refractivity contribution in [1.29, 1.82) is 0 Å². The minimum Gasteiger partial charge on any atom is -0.325 e. The number of carbonyl (C=O) groups is 1. The van der Waals surface area contributed by atoms with Gasteiger partial charge in [-0.05, 0) is 36.8 Å². The highest BCUT2D eigenvalue weighted by molar-refractivity contribution is 7.98. The quantitative estimate of drug-likeness (QED) is 0.747. The first-order chi connectivity index (χ1) is 10.3. The van der Waals surface area contributed by atoms with Gasteiger partial charge in [0, 0.05) is 6.54 Å². The summed E-state index contributed by atoms with van der Waals surface area (Å²) in [6.07, 6.45) is 6.84. The molecule has 4 heteroatoms. The molecule has 3 nitrogen and oxygen atoms in total. The van der Waals surface area contributed by atoms with Gasteiger partial charge in [0.05, 0.1) is 6.17 Å². The van der Waals surface area contributed by atoms with E-state index in [9.17, 15) is 4.79 Å². The number of nitrogens with zero attached hydrogens (tertiary/aromatic N) is 1. The summed E-state index contributed by atoms with van der Waals surface area (Å²) >= 11 is 1.89. The minimum atomic E-state index is -0.164. The summed E-state index contributed by atoms with van der Waals surface area (Å²) in [5, 5.41) is 3.48. The number of hydrogen-bond donors (Lipinski definition) is 1. The number of thioether (sulfide) groups is 1. The van der Waals surface area contributed by atoms with E-state index in [1.165, 1.54) is 18.6 Å².